The normalized spacial score (nSPS) is 18.0. The molecular formula is C19H20N4O5S. The summed E-state index contributed by atoms with van der Waals surface area (Å²) < 4.78 is 33.9. The smallest absolute Gasteiger partial charge is 0.408 e. The van der Waals surface area contributed by atoms with Crippen molar-refractivity contribution < 1.29 is 17.6 Å². The van der Waals surface area contributed by atoms with Crippen molar-refractivity contribution in [1.29, 1.82) is 0 Å². The number of rotatable bonds is 4. The molecule has 3 heterocycles. The highest BCUT2D eigenvalue weighted by Gasteiger charge is 2.33. The van der Waals surface area contributed by atoms with E-state index in [2.05, 4.69) is 10.3 Å². The van der Waals surface area contributed by atoms with Gasteiger partial charge in [0.1, 0.15) is 0 Å². The lowest BCUT2D eigenvalue weighted by molar-refractivity contribution is -0.120. The number of anilines is 1. The first-order valence-electron chi connectivity index (χ1n) is 9.17. The number of benzene rings is 1. The highest BCUT2D eigenvalue weighted by molar-refractivity contribution is 7.89. The maximum absolute atomic E-state index is 13.1. The maximum atomic E-state index is 13.1. The number of aromatic nitrogens is 2. The fourth-order valence-electron chi connectivity index (χ4n) is 3.48. The molecular weight excluding hydrogens is 396 g/mol. The van der Waals surface area contributed by atoms with E-state index < -0.39 is 21.7 Å². The third-order valence-corrected chi connectivity index (χ3v) is 6.95. The van der Waals surface area contributed by atoms with E-state index in [4.69, 9.17) is 4.42 Å². The summed E-state index contributed by atoms with van der Waals surface area (Å²) >= 11 is 0. The van der Waals surface area contributed by atoms with Crippen molar-refractivity contribution in [2.45, 2.75) is 17.7 Å². The Morgan fingerprint density at radius 1 is 1.31 bits per heavy atom. The second-order valence-corrected chi connectivity index (χ2v) is 8.93. The zero-order valence-corrected chi connectivity index (χ0v) is 16.6. The summed E-state index contributed by atoms with van der Waals surface area (Å²) in [4.78, 5) is 28.2. The van der Waals surface area contributed by atoms with Crippen LogP contribution in [0.25, 0.3) is 11.1 Å². The van der Waals surface area contributed by atoms with Gasteiger partial charge in [0.2, 0.25) is 15.9 Å². The molecule has 152 valence electrons. The van der Waals surface area contributed by atoms with E-state index in [0.717, 1.165) is 0 Å². The van der Waals surface area contributed by atoms with Gasteiger partial charge in [-0.15, -0.1) is 0 Å². The molecule has 1 aromatic carbocycles. The van der Waals surface area contributed by atoms with Gasteiger partial charge in [-0.2, -0.15) is 4.31 Å². The molecule has 10 heteroatoms. The van der Waals surface area contributed by atoms with E-state index in [-0.39, 0.29) is 22.9 Å². The number of aryl methyl sites for hydroxylation is 1. The summed E-state index contributed by atoms with van der Waals surface area (Å²) in [5.74, 6) is -1.25. The van der Waals surface area contributed by atoms with Crippen LogP contribution in [0.3, 0.4) is 0 Å². The lowest BCUT2D eigenvalue weighted by Crippen LogP contribution is -2.43. The van der Waals surface area contributed by atoms with Crippen LogP contribution in [-0.2, 0) is 21.9 Å². The molecule has 3 aromatic rings. The van der Waals surface area contributed by atoms with Gasteiger partial charge in [0, 0.05) is 32.4 Å². The molecule has 1 atom stereocenters. The Labute approximate surface area is 167 Å². The zero-order chi connectivity index (χ0) is 20.6. The summed E-state index contributed by atoms with van der Waals surface area (Å²) in [6, 6.07) is 7.79. The van der Waals surface area contributed by atoms with Crippen LogP contribution in [0.5, 0.6) is 0 Å². The standard InChI is InChI=1S/C19H20N4O5S/c1-22-16-7-6-15(10-17(16)28-19(22)25)29(26,27)23-9-3-4-13(12-23)18(24)21-14-5-2-8-20-11-14/h2,5-8,10-11,13H,3-4,9,12H2,1H3,(H,21,24)/t13-/m1/s1. The van der Waals surface area contributed by atoms with E-state index >= 15 is 0 Å². The van der Waals surface area contributed by atoms with Crippen molar-refractivity contribution in [2.24, 2.45) is 13.0 Å². The number of hydrogen-bond acceptors (Lipinski definition) is 6. The number of pyridine rings is 1. The van der Waals surface area contributed by atoms with E-state index in [9.17, 15) is 18.0 Å². The summed E-state index contributed by atoms with van der Waals surface area (Å²) in [6.07, 6.45) is 4.33. The topological polar surface area (TPSA) is 115 Å². The van der Waals surface area contributed by atoms with Gasteiger partial charge in [0.25, 0.3) is 0 Å². The Morgan fingerprint density at radius 3 is 2.90 bits per heavy atom. The molecule has 1 aliphatic rings. The number of piperidine rings is 1. The summed E-state index contributed by atoms with van der Waals surface area (Å²) in [5, 5.41) is 2.78. The van der Waals surface area contributed by atoms with Crippen molar-refractivity contribution in [3.63, 3.8) is 0 Å². The second-order valence-electron chi connectivity index (χ2n) is 6.99. The molecule has 0 radical (unpaired) electrons. The van der Waals surface area contributed by atoms with Gasteiger partial charge in [0.15, 0.2) is 5.58 Å². The van der Waals surface area contributed by atoms with Gasteiger partial charge in [0.05, 0.1) is 28.2 Å². The van der Waals surface area contributed by atoms with Crippen molar-refractivity contribution in [3.8, 4) is 0 Å². The molecule has 1 N–H and O–H groups in total. The highest BCUT2D eigenvalue weighted by atomic mass is 32.2. The third kappa shape index (κ3) is 3.68. The Balaban J connectivity index is 1.55. The fraction of sp³-hybridized carbons (Fsp3) is 0.316. The number of carbonyl (C=O) groups is 1. The summed E-state index contributed by atoms with van der Waals surface area (Å²) in [6.45, 7) is 0.418. The second kappa shape index (κ2) is 7.45. The van der Waals surface area contributed by atoms with Gasteiger partial charge in [-0.1, -0.05) is 0 Å². The zero-order valence-electron chi connectivity index (χ0n) is 15.7. The Kier molecular flexibility index (Phi) is 4.97. The molecule has 1 fully saturated rings. The number of nitrogens with zero attached hydrogens (tertiary/aromatic N) is 3. The summed E-state index contributed by atoms with van der Waals surface area (Å²) in [7, 11) is -2.27. The number of oxazole rings is 1. The lowest BCUT2D eigenvalue weighted by Gasteiger charge is -2.31. The van der Waals surface area contributed by atoms with Crippen LogP contribution in [0.1, 0.15) is 12.8 Å². The first kappa shape index (κ1) is 19.3. The predicted molar refractivity (Wildman–Crippen MR) is 106 cm³/mol. The quantitative estimate of drug-likeness (QED) is 0.690. The first-order chi connectivity index (χ1) is 13.9. The van der Waals surface area contributed by atoms with Crippen LogP contribution < -0.4 is 11.1 Å². The van der Waals surface area contributed by atoms with Crippen molar-refractivity contribution in [2.75, 3.05) is 18.4 Å². The minimum atomic E-state index is -3.83. The number of amides is 1. The third-order valence-electron chi connectivity index (χ3n) is 5.09. The number of fused-ring (bicyclic) bond motifs is 1. The van der Waals surface area contributed by atoms with E-state index in [1.807, 2.05) is 0 Å². The van der Waals surface area contributed by atoms with Crippen molar-refractivity contribution in [1.82, 2.24) is 13.9 Å². The van der Waals surface area contributed by atoms with Gasteiger partial charge in [-0.3, -0.25) is 14.3 Å². The lowest BCUT2D eigenvalue weighted by atomic mass is 9.99. The number of nitrogens with one attached hydrogen (secondary N) is 1. The summed E-state index contributed by atoms with van der Waals surface area (Å²) in [5.41, 5.74) is 1.30. The predicted octanol–water partition coefficient (Wildman–Crippen LogP) is 1.57. The average Bonchev–Trinajstić information content (AvgIpc) is 3.02. The molecule has 1 amide bonds. The molecule has 2 aromatic heterocycles. The molecule has 0 unspecified atom stereocenters. The van der Waals surface area contributed by atoms with Crippen LogP contribution >= 0.6 is 0 Å². The molecule has 1 saturated heterocycles. The molecule has 0 bridgehead atoms. The first-order valence-corrected chi connectivity index (χ1v) is 10.6. The van der Waals surface area contributed by atoms with Crippen molar-refractivity contribution >= 4 is 32.7 Å². The molecule has 4 rings (SSSR count). The van der Waals surface area contributed by atoms with Crippen LogP contribution in [0, 0.1) is 5.92 Å². The molecule has 0 saturated carbocycles. The SMILES string of the molecule is Cn1c(=O)oc2cc(S(=O)(=O)N3CCC[C@@H](C(=O)Nc4cccnc4)C3)ccc21. The Hall–Kier alpha value is -2.98. The molecule has 0 aliphatic carbocycles. The molecule has 0 spiro atoms. The minimum absolute atomic E-state index is 0.0349. The largest absolute Gasteiger partial charge is 0.419 e. The Bertz CT molecular complexity index is 1220. The Morgan fingerprint density at radius 2 is 2.14 bits per heavy atom. The van der Waals surface area contributed by atoms with E-state index in [0.29, 0.717) is 30.6 Å². The minimum Gasteiger partial charge on any atom is -0.408 e. The maximum Gasteiger partial charge on any atom is 0.419 e. The van der Waals surface area contributed by atoms with Crippen LogP contribution in [0.2, 0.25) is 0 Å². The number of sulfonamides is 1. The number of hydrogen-bond donors (Lipinski definition) is 1. The van der Waals surface area contributed by atoms with Gasteiger partial charge in [-0.25, -0.2) is 13.2 Å². The van der Waals surface area contributed by atoms with Crippen LogP contribution in [0.4, 0.5) is 5.69 Å². The van der Waals surface area contributed by atoms with E-state index in [1.165, 1.54) is 27.2 Å². The van der Waals surface area contributed by atoms with Crippen LogP contribution in [-0.4, -0.2) is 41.3 Å². The van der Waals surface area contributed by atoms with E-state index in [1.54, 1.807) is 31.4 Å². The van der Waals surface area contributed by atoms with Gasteiger partial charge in [-0.05, 0) is 37.1 Å². The monoisotopic (exact) mass is 416 g/mol. The molecule has 1 aliphatic heterocycles. The van der Waals surface area contributed by atoms with Crippen molar-refractivity contribution in [3.05, 3.63) is 53.3 Å². The van der Waals surface area contributed by atoms with Crippen LogP contribution in [0.15, 0.2) is 56.8 Å². The fourth-order valence-corrected chi connectivity index (χ4v) is 5.02. The molecule has 9 nitrogen and oxygen atoms in total. The van der Waals surface area contributed by atoms with Gasteiger partial charge < -0.3 is 9.73 Å². The molecule has 29 heavy (non-hydrogen) atoms. The average molecular weight is 416 g/mol. The van der Waals surface area contributed by atoms with Gasteiger partial charge >= 0.3 is 5.76 Å². The number of carbonyl (C=O) groups excluding carboxylic acids is 1. The highest BCUT2D eigenvalue weighted by Crippen LogP contribution is 2.26.